The molecule has 1 saturated heterocycles. The van der Waals surface area contributed by atoms with Crippen LogP contribution < -0.4 is 5.32 Å². The van der Waals surface area contributed by atoms with Crippen LogP contribution in [0.1, 0.15) is 18.9 Å². The van der Waals surface area contributed by atoms with E-state index in [0.29, 0.717) is 17.2 Å². The highest BCUT2D eigenvalue weighted by Crippen LogP contribution is 2.25. The average Bonchev–Trinajstić information content (AvgIpc) is 2.76. The van der Waals surface area contributed by atoms with E-state index in [1.54, 1.807) is 13.0 Å². The Morgan fingerprint density at radius 3 is 2.86 bits per heavy atom. The second-order valence-corrected chi connectivity index (χ2v) is 9.26. The first-order valence-corrected chi connectivity index (χ1v) is 10.1. The highest BCUT2D eigenvalue weighted by molar-refractivity contribution is 7.99. The van der Waals surface area contributed by atoms with Crippen molar-refractivity contribution in [2.75, 3.05) is 11.5 Å². The van der Waals surface area contributed by atoms with Crippen molar-refractivity contribution in [3.05, 3.63) is 34.6 Å². The minimum absolute atomic E-state index is 0.0138. The van der Waals surface area contributed by atoms with Crippen LogP contribution in [0, 0.1) is 5.82 Å². The lowest BCUT2D eigenvalue weighted by Gasteiger charge is -2.16. The summed E-state index contributed by atoms with van der Waals surface area (Å²) in [7, 11) is -3.01. The lowest BCUT2D eigenvalue weighted by molar-refractivity contribution is -0.120. The molecule has 2 rings (SSSR count). The third kappa shape index (κ3) is 4.86. The number of benzene rings is 1. The molecule has 1 aliphatic rings. The van der Waals surface area contributed by atoms with Crippen LogP contribution in [0.4, 0.5) is 4.39 Å². The third-order valence-corrected chi connectivity index (χ3v) is 6.76. The van der Waals surface area contributed by atoms with E-state index in [0.717, 1.165) is 5.56 Å². The van der Waals surface area contributed by atoms with Crippen molar-refractivity contribution in [3.8, 4) is 0 Å². The van der Waals surface area contributed by atoms with Crippen molar-refractivity contribution >= 4 is 39.1 Å². The molecular formula is C14H17ClFNO3S2. The van der Waals surface area contributed by atoms with E-state index in [1.165, 1.54) is 23.9 Å². The lowest BCUT2D eigenvalue weighted by atomic mass is 10.2. The maximum atomic E-state index is 13.0. The molecule has 8 heteroatoms. The Labute approximate surface area is 138 Å². The number of rotatable bonds is 5. The van der Waals surface area contributed by atoms with Crippen molar-refractivity contribution in [2.45, 2.75) is 30.4 Å². The van der Waals surface area contributed by atoms with Crippen molar-refractivity contribution in [1.82, 2.24) is 5.32 Å². The number of hydrogen-bond acceptors (Lipinski definition) is 4. The summed E-state index contributed by atoms with van der Waals surface area (Å²) in [6, 6.07) is 3.87. The van der Waals surface area contributed by atoms with Gasteiger partial charge >= 0.3 is 0 Å². The van der Waals surface area contributed by atoms with Crippen molar-refractivity contribution < 1.29 is 17.6 Å². The Bertz CT molecular complexity index is 666. The van der Waals surface area contributed by atoms with Crippen LogP contribution in [0.3, 0.4) is 0 Å². The fourth-order valence-corrected chi connectivity index (χ4v) is 5.04. The quantitative estimate of drug-likeness (QED) is 0.870. The number of thioether (sulfide) groups is 1. The van der Waals surface area contributed by atoms with E-state index in [4.69, 9.17) is 11.6 Å². The normalized spacial score (nSPS) is 21.5. The molecular weight excluding hydrogens is 349 g/mol. The van der Waals surface area contributed by atoms with Gasteiger partial charge in [0.05, 0.1) is 16.8 Å². The van der Waals surface area contributed by atoms with Crippen molar-refractivity contribution in [1.29, 1.82) is 0 Å². The molecule has 1 N–H and O–H groups in total. The largest absolute Gasteiger partial charge is 0.351 e. The Morgan fingerprint density at radius 2 is 2.27 bits per heavy atom. The number of hydrogen-bond donors (Lipinski definition) is 1. The van der Waals surface area contributed by atoms with Crippen LogP contribution in [-0.4, -0.2) is 37.1 Å². The van der Waals surface area contributed by atoms with Gasteiger partial charge in [-0.1, -0.05) is 17.7 Å². The molecule has 0 aromatic heterocycles. The molecule has 0 saturated carbocycles. The topological polar surface area (TPSA) is 63.2 Å². The number of sulfone groups is 1. The molecule has 2 unspecified atom stereocenters. The Balaban J connectivity index is 1.84. The molecule has 0 aliphatic carbocycles. The van der Waals surface area contributed by atoms with Gasteiger partial charge in [-0.25, -0.2) is 12.8 Å². The molecule has 0 bridgehead atoms. The van der Waals surface area contributed by atoms with E-state index < -0.39 is 15.7 Å². The summed E-state index contributed by atoms with van der Waals surface area (Å²) in [6.07, 6.45) is 0.468. The van der Waals surface area contributed by atoms with Crippen LogP contribution in [0.15, 0.2) is 18.2 Å². The zero-order valence-corrected chi connectivity index (χ0v) is 14.4. The molecule has 2 atom stereocenters. The zero-order valence-electron chi connectivity index (χ0n) is 12.0. The summed E-state index contributed by atoms with van der Waals surface area (Å²) in [6.45, 7) is 1.75. The fourth-order valence-electron chi connectivity index (χ4n) is 2.16. The standard InChI is InChI=1S/C14H17ClFNO3S2/c1-9(14(18)17-12-4-5-22(19,20)8-12)21-7-10-2-3-11(16)6-13(10)15/h2-3,6,9,12H,4-5,7-8H2,1H3,(H,17,18). The predicted octanol–water partition coefficient (Wildman–Crippen LogP) is 2.40. The molecule has 1 aliphatic heterocycles. The molecule has 1 aromatic carbocycles. The number of amides is 1. The molecule has 1 amide bonds. The number of nitrogens with one attached hydrogen (secondary N) is 1. The summed E-state index contributed by atoms with van der Waals surface area (Å²) in [5.74, 6) is 0.0404. The first-order valence-electron chi connectivity index (χ1n) is 6.83. The molecule has 122 valence electrons. The molecule has 1 heterocycles. The van der Waals surface area contributed by atoms with Gasteiger partial charge in [-0.15, -0.1) is 11.8 Å². The minimum atomic E-state index is -3.01. The summed E-state index contributed by atoms with van der Waals surface area (Å²) < 4.78 is 35.7. The molecule has 0 radical (unpaired) electrons. The van der Waals surface area contributed by atoms with Gasteiger partial charge in [0, 0.05) is 16.8 Å². The first-order chi connectivity index (χ1) is 10.3. The lowest BCUT2D eigenvalue weighted by Crippen LogP contribution is -2.40. The summed E-state index contributed by atoms with van der Waals surface area (Å²) >= 11 is 7.31. The fraction of sp³-hybridized carbons (Fsp3) is 0.500. The second kappa shape index (κ2) is 7.19. The Hall–Kier alpha value is -0.790. The van der Waals surface area contributed by atoms with Gasteiger partial charge < -0.3 is 5.32 Å². The maximum Gasteiger partial charge on any atom is 0.233 e. The van der Waals surface area contributed by atoms with Crippen LogP contribution >= 0.6 is 23.4 Å². The maximum absolute atomic E-state index is 13.0. The molecule has 1 fully saturated rings. The van der Waals surface area contributed by atoms with Gasteiger partial charge in [-0.3, -0.25) is 4.79 Å². The summed E-state index contributed by atoms with van der Waals surface area (Å²) in [4.78, 5) is 12.1. The van der Waals surface area contributed by atoms with E-state index in [9.17, 15) is 17.6 Å². The molecule has 1 aromatic rings. The third-order valence-electron chi connectivity index (χ3n) is 3.45. The van der Waals surface area contributed by atoms with Gasteiger partial charge in [0.1, 0.15) is 5.82 Å². The second-order valence-electron chi connectivity index (χ2n) is 5.30. The first kappa shape index (κ1) is 17.6. The number of halogens is 2. The van der Waals surface area contributed by atoms with E-state index in [-0.39, 0.29) is 28.7 Å². The Kier molecular flexibility index (Phi) is 5.74. The zero-order chi connectivity index (χ0) is 16.3. The van der Waals surface area contributed by atoms with Crippen molar-refractivity contribution in [3.63, 3.8) is 0 Å². The van der Waals surface area contributed by atoms with E-state index in [1.807, 2.05) is 0 Å². The van der Waals surface area contributed by atoms with Crippen LogP contribution in [0.5, 0.6) is 0 Å². The van der Waals surface area contributed by atoms with E-state index >= 15 is 0 Å². The van der Waals surface area contributed by atoms with Crippen LogP contribution in [0.2, 0.25) is 5.02 Å². The number of carbonyl (C=O) groups is 1. The SMILES string of the molecule is CC(SCc1ccc(F)cc1Cl)C(=O)NC1CCS(=O)(=O)C1. The van der Waals surface area contributed by atoms with Gasteiger partial charge in [0.2, 0.25) is 5.91 Å². The highest BCUT2D eigenvalue weighted by atomic mass is 35.5. The monoisotopic (exact) mass is 365 g/mol. The Morgan fingerprint density at radius 1 is 1.55 bits per heavy atom. The number of carbonyl (C=O) groups excluding carboxylic acids is 1. The van der Waals surface area contributed by atoms with Crippen LogP contribution in [-0.2, 0) is 20.4 Å². The van der Waals surface area contributed by atoms with Gasteiger partial charge in [0.25, 0.3) is 0 Å². The van der Waals surface area contributed by atoms with Gasteiger partial charge in [0.15, 0.2) is 9.84 Å². The van der Waals surface area contributed by atoms with Gasteiger partial charge in [-0.2, -0.15) is 0 Å². The molecule has 4 nitrogen and oxygen atoms in total. The van der Waals surface area contributed by atoms with Crippen molar-refractivity contribution in [2.24, 2.45) is 0 Å². The molecule has 0 spiro atoms. The van der Waals surface area contributed by atoms with E-state index in [2.05, 4.69) is 5.32 Å². The van der Waals surface area contributed by atoms with Crippen LogP contribution in [0.25, 0.3) is 0 Å². The minimum Gasteiger partial charge on any atom is -0.351 e. The molecule has 22 heavy (non-hydrogen) atoms. The predicted molar refractivity (Wildman–Crippen MR) is 87.4 cm³/mol. The summed E-state index contributed by atoms with van der Waals surface area (Å²) in [5.41, 5.74) is 0.760. The van der Waals surface area contributed by atoms with Gasteiger partial charge in [-0.05, 0) is 31.0 Å². The average molecular weight is 366 g/mol. The smallest absolute Gasteiger partial charge is 0.233 e. The highest BCUT2D eigenvalue weighted by Gasteiger charge is 2.30. The summed E-state index contributed by atoms with van der Waals surface area (Å²) in [5, 5.41) is 2.75.